The minimum atomic E-state index is -0.318. The van der Waals surface area contributed by atoms with Crippen LogP contribution in [0.3, 0.4) is 0 Å². The minimum absolute atomic E-state index is 0.243. The summed E-state index contributed by atoms with van der Waals surface area (Å²) in [6, 6.07) is 5.33. The van der Waals surface area contributed by atoms with E-state index in [0.717, 1.165) is 28.0 Å². The van der Waals surface area contributed by atoms with E-state index in [1.807, 2.05) is 26.1 Å². The van der Waals surface area contributed by atoms with Gasteiger partial charge in [0.15, 0.2) is 0 Å². The lowest BCUT2D eigenvalue weighted by molar-refractivity contribution is 0.103. The molecule has 24 heavy (non-hydrogen) atoms. The van der Waals surface area contributed by atoms with E-state index >= 15 is 0 Å². The Morgan fingerprint density at radius 1 is 1.46 bits per heavy atom. The van der Waals surface area contributed by atoms with E-state index in [1.54, 1.807) is 10.7 Å². The highest BCUT2D eigenvalue weighted by molar-refractivity contribution is 7.20. The SMILES string of the molecule is Cc1nn(C)c2sc(C(=O)Nc3ccc4c(c3F)CCNC4)cc12. The molecule has 0 spiro atoms. The molecule has 3 aromatic rings. The van der Waals surface area contributed by atoms with E-state index in [-0.39, 0.29) is 17.4 Å². The number of fused-ring (bicyclic) bond motifs is 2. The number of benzene rings is 1. The van der Waals surface area contributed by atoms with Crippen molar-refractivity contribution >= 4 is 33.1 Å². The maximum absolute atomic E-state index is 14.6. The van der Waals surface area contributed by atoms with Gasteiger partial charge in [0, 0.05) is 19.0 Å². The van der Waals surface area contributed by atoms with Crippen LogP contribution in [0.2, 0.25) is 0 Å². The first-order chi connectivity index (χ1) is 11.5. The number of nitrogens with zero attached hydrogens (tertiary/aromatic N) is 2. The minimum Gasteiger partial charge on any atom is -0.319 e. The lowest BCUT2D eigenvalue weighted by Gasteiger charge is -2.19. The van der Waals surface area contributed by atoms with Crippen LogP contribution in [0.4, 0.5) is 10.1 Å². The van der Waals surface area contributed by atoms with E-state index in [9.17, 15) is 9.18 Å². The zero-order valence-electron chi connectivity index (χ0n) is 13.4. The summed E-state index contributed by atoms with van der Waals surface area (Å²) < 4.78 is 16.4. The first-order valence-corrected chi connectivity index (χ1v) is 8.61. The molecular formula is C17H17FN4OS. The van der Waals surface area contributed by atoms with Gasteiger partial charge in [-0.25, -0.2) is 4.39 Å². The van der Waals surface area contributed by atoms with Crippen LogP contribution in [0, 0.1) is 12.7 Å². The Kier molecular flexibility index (Phi) is 3.62. The summed E-state index contributed by atoms with van der Waals surface area (Å²) in [6.07, 6.45) is 0.638. The van der Waals surface area contributed by atoms with Gasteiger partial charge in [0.2, 0.25) is 0 Å². The quantitative estimate of drug-likeness (QED) is 0.751. The molecule has 4 rings (SSSR count). The number of hydrogen-bond donors (Lipinski definition) is 2. The predicted octanol–water partition coefficient (Wildman–Crippen LogP) is 2.98. The molecule has 0 unspecified atom stereocenters. The van der Waals surface area contributed by atoms with E-state index in [1.165, 1.54) is 11.3 Å². The number of carbonyl (C=O) groups is 1. The van der Waals surface area contributed by atoms with Gasteiger partial charge in [-0.3, -0.25) is 9.48 Å². The normalized spacial score (nSPS) is 14.0. The Morgan fingerprint density at radius 3 is 3.08 bits per heavy atom. The van der Waals surface area contributed by atoms with Crippen molar-refractivity contribution in [2.24, 2.45) is 7.05 Å². The highest BCUT2D eigenvalue weighted by Gasteiger charge is 2.20. The van der Waals surface area contributed by atoms with Gasteiger partial charge in [-0.15, -0.1) is 11.3 Å². The topological polar surface area (TPSA) is 59.0 Å². The second-order valence-electron chi connectivity index (χ2n) is 5.98. The van der Waals surface area contributed by atoms with Crippen LogP contribution in [0.1, 0.15) is 26.5 Å². The van der Waals surface area contributed by atoms with Gasteiger partial charge in [0.25, 0.3) is 5.91 Å². The highest BCUT2D eigenvalue weighted by atomic mass is 32.1. The average Bonchev–Trinajstić information content (AvgIpc) is 3.12. The molecule has 0 aliphatic carbocycles. The molecule has 124 valence electrons. The zero-order chi connectivity index (χ0) is 16.8. The van der Waals surface area contributed by atoms with E-state index in [2.05, 4.69) is 15.7 Å². The van der Waals surface area contributed by atoms with Crippen LogP contribution >= 0.6 is 11.3 Å². The third kappa shape index (κ3) is 2.40. The maximum Gasteiger partial charge on any atom is 0.265 e. The van der Waals surface area contributed by atoms with Gasteiger partial charge >= 0.3 is 0 Å². The fraction of sp³-hybridized carbons (Fsp3) is 0.294. The summed E-state index contributed by atoms with van der Waals surface area (Å²) in [6.45, 7) is 3.33. The summed E-state index contributed by atoms with van der Waals surface area (Å²) in [5.74, 6) is -0.607. The Morgan fingerprint density at radius 2 is 2.29 bits per heavy atom. The van der Waals surface area contributed by atoms with Crippen molar-refractivity contribution in [2.75, 3.05) is 11.9 Å². The Balaban J connectivity index is 1.64. The summed E-state index contributed by atoms with van der Waals surface area (Å²) in [7, 11) is 1.85. The molecule has 1 aliphatic rings. The number of carbonyl (C=O) groups excluding carboxylic acids is 1. The Labute approximate surface area is 142 Å². The van der Waals surface area contributed by atoms with Crippen LogP contribution in [0.5, 0.6) is 0 Å². The molecule has 2 aromatic heterocycles. The van der Waals surface area contributed by atoms with Gasteiger partial charge in [-0.05, 0) is 43.1 Å². The highest BCUT2D eigenvalue weighted by Crippen LogP contribution is 2.29. The van der Waals surface area contributed by atoms with Crippen molar-refractivity contribution in [3.05, 3.63) is 45.7 Å². The standard InChI is InChI=1S/C17H17FN4OS/c1-9-12-7-14(24-17(12)22(2)21-9)16(23)20-13-4-3-10-8-19-6-5-11(10)15(13)18/h3-4,7,19H,5-6,8H2,1-2H3,(H,20,23). The largest absolute Gasteiger partial charge is 0.319 e. The second kappa shape index (κ2) is 5.68. The molecule has 0 atom stereocenters. The number of aromatic nitrogens is 2. The number of rotatable bonds is 2. The number of aryl methyl sites for hydroxylation is 2. The first kappa shape index (κ1) is 15.3. The lowest BCUT2D eigenvalue weighted by Crippen LogP contribution is -2.25. The van der Waals surface area contributed by atoms with E-state index in [0.29, 0.717) is 23.4 Å². The predicted molar refractivity (Wildman–Crippen MR) is 93.1 cm³/mol. The number of nitrogens with one attached hydrogen (secondary N) is 2. The molecule has 0 radical (unpaired) electrons. The Hall–Kier alpha value is -2.25. The molecule has 1 aromatic carbocycles. The molecule has 5 nitrogen and oxygen atoms in total. The first-order valence-electron chi connectivity index (χ1n) is 7.80. The lowest BCUT2D eigenvalue weighted by atomic mass is 9.99. The van der Waals surface area contributed by atoms with Crippen LogP contribution in [-0.2, 0) is 20.0 Å². The van der Waals surface area contributed by atoms with E-state index in [4.69, 9.17) is 0 Å². The number of anilines is 1. The number of thiophene rings is 1. The van der Waals surface area contributed by atoms with Crippen molar-refractivity contribution in [3.8, 4) is 0 Å². The fourth-order valence-corrected chi connectivity index (χ4v) is 4.15. The molecule has 1 aliphatic heterocycles. The summed E-state index contributed by atoms with van der Waals surface area (Å²) in [5, 5.41) is 11.2. The van der Waals surface area contributed by atoms with Crippen LogP contribution in [-0.4, -0.2) is 22.2 Å². The van der Waals surface area contributed by atoms with Gasteiger partial charge < -0.3 is 10.6 Å². The summed E-state index contributed by atoms with van der Waals surface area (Å²) in [4.78, 5) is 14.0. The molecule has 0 fully saturated rings. The van der Waals surface area contributed by atoms with Crippen LogP contribution < -0.4 is 10.6 Å². The van der Waals surface area contributed by atoms with Gasteiger partial charge in [-0.1, -0.05) is 6.07 Å². The van der Waals surface area contributed by atoms with Crippen LogP contribution in [0.25, 0.3) is 10.2 Å². The molecule has 0 saturated carbocycles. The molecular weight excluding hydrogens is 327 g/mol. The van der Waals surface area contributed by atoms with Gasteiger partial charge in [-0.2, -0.15) is 5.10 Å². The molecule has 1 amide bonds. The maximum atomic E-state index is 14.6. The molecule has 2 N–H and O–H groups in total. The van der Waals surface area contributed by atoms with Crippen molar-refractivity contribution < 1.29 is 9.18 Å². The van der Waals surface area contributed by atoms with E-state index < -0.39 is 0 Å². The number of amides is 1. The number of halogens is 1. The molecule has 3 heterocycles. The number of hydrogen-bond acceptors (Lipinski definition) is 4. The second-order valence-corrected chi connectivity index (χ2v) is 7.01. The smallest absolute Gasteiger partial charge is 0.265 e. The Bertz CT molecular complexity index is 925. The van der Waals surface area contributed by atoms with Crippen molar-refractivity contribution in [3.63, 3.8) is 0 Å². The zero-order valence-corrected chi connectivity index (χ0v) is 14.3. The molecule has 0 saturated heterocycles. The van der Waals surface area contributed by atoms with Gasteiger partial charge in [0.1, 0.15) is 10.6 Å². The van der Waals surface area contributed by atoms with Crippen LogP contribution in [0.15, 0.2) is 18.2 Å². The monoisotopic (exact) mass is 344 g/mol. The third-order valence-corrected chi connectivity index (χ3v) is 5.58. The van der Waals surface area contributed by atoms with Crippen molar-refractivity contribution in [1.82, 2.24) is 15.1 Å². The fourth-order valence-electron chi connectivity index (χ4n) is 3.13. The van der Waals surface area contributed by atoms with Crippen molar-refractivity contribution in [1.29, 1.82) is 0 Å². The van der Waals surface area contributed by atoms with Crippen molar-refractivity contribution in [2.45, 2.75) is 19.9 Å². The third-order valence-electron chi connectivity index (χ3n) is 4.38. The average molecular weight is 344 g/mol. The summed E-state index contributed by atoms with van der Waals surface area (Å²) in [5.41, 5.74) is 2.78. The summed E-state index contributed by atoms with van der Waals surface area (Å²) >= 11 is 1.36. The van der Waals surface area contributed by atoms with Gasteiger partial charge in [0.05, 0.1) is 16.3 Å². The molecule has 7 heteroatoms. The molecule has 0 bridgehead atoms.